The zero-order chi connectivity index (χ0) is 25.4. The maximum Gasteiger partial charge on any atom is 0.242 e. The Balaban J connectivity index is 1.49. The summed E-state index contributed by atoms with van der Waals surface area (Å²) in [5, 5.41) is 0. The smallest absolute Gasteiger partial charge is 0.242 e. The van der Waals surface area contributed by atoms with Crippen LogP contribution in [0.3, 0.4) is 0 Å². The zero-order valence-corrected chi connectivity index (χ0v) is 21.1. The number of piperazine rings is 1. The van der Waals surface area contributed by atoms with Crippen molar-refractivity contribution in [3.63, 3.8) is 0 Å². The molecule has 37 heavy (non-hydrogen) atoms. The van der Waals surface area contributed by atoms with Crippen molar-refractivity contribution in [3.8, 4) is 11.4 Å². The van der Waals surface area contributed by atoms with Crippen LogP contribution in [0.25, 0.3) is 28.2 Å². The molecular weight excluding hydrogens is 470 g/mol. The summed E-state index contributed by atoms with van der Waals surface area (Å²) >= 11 is 0. The molecule has 3 aromatic rings. The minimum atomic E-state index is 0.0907. The molecule has 0 radical (unpaired) electrons. The molecule has 0 aliphatic carbocycles. The lowest BCUT2D eigenvalue weighted by molar-refractivity contribution is -0.129. The van der Waals surface area contributed by atoms with Gasteiger partial charge >= 0.3 is 0 Å². The van der Waals surface area contributed by atoms with E-state index in [4.69, 9.17) is 19.7 Å². The van der Waals surface area contributed by atoms with E-state index in [9.17, 15) is 4.79 Å². The lowest BCUT2D eigenvalue weighted by Crippen LogP contribution is -2.49. The number of allylic oxidation sites excluding steroid dienone is 2. The van der Waals surface area contributed by atoms with E-state index >= 15 is 0 Å². The predicted molar refractivity (Wildman–Crippen MR) is 143 cm³/mol. The summed E-state index contributed by atoms with van der Waals surface area (Å²) in [4.78, 5) is 33.7. The number of rotatable bonds is 5. The lowest BCUT2D eigenvalue weighted by Gasteiger charge is -2.32. The average molecular weight is 502 g/mol. The molecule has 11 heteroatoms. The van der Waals surface area contributed by atoms with Crippen LogP contribution in [-0.2, 0) is 16.1 Å². The SMILES string of the molecule is CCn1c(N2CCN(C)C(=O)C2)nc2c(N3CCOCC3)nc(-c3cccc(C4=CC=CNN4)c3)nc21. The number of fused-ring (bicyclic) bond motifs is 1. The van der Waals surface area contributed by atoms with E-state index in [1.807, 2.05) is 37.5 Å². The molecule has 3 aliphatic heterocycles. The van der Waals surface area contributed by atoms with Gasteiger partial charge < -0.3 is 30.3 Å². The van der Waals surface area contributed by atoms with Crippen LogP contribution in [0.5, 0.6) is 0 Å². The van der Waals surface area contributed by atoms with Crippen molar-refractivity contribution < 1.29 is 9.53 Å². The van der Waals surface area contributed by atoms with Gasteiger partial charge in [0.15, 0.2) is 22.8 Å². The Labute approximate surface area is 215 Å². The average Bonchev–Trinajstić information content (AvgIpc) is 3.33. The van der Waals surface area contributed by atoms with Crippen molar-refractivity contribution in [2.45, 2.75) is 13.5 Å². The highest BCUT2D eigenvalue weighted by atomic mass is 16.5. The van der Waals surface area contributed by atoms with Crippen LogP contribution in [0.15, 0.2) is 42.6 Å². The van der Waals surface area contributed by atoms with Crippen LogP contribution in [0, 0.1) is 0 Å². The van der Waals surface area contributed by atoms with E-state index in [1.54, 1.807) is 4.90 Å². The van der Waals surface area contributed by atoms with Gasteiger partial charge in [0.1, 0.15) is 0 Å². The number of nitrogens with zero attached hydrogens (tertiary/aromatic N) is 7. The van der Waals surface area contributed by atoms with Gasteiger partial charge in [-0.05, 0) is 25.1 Å². The van der Waals surface area contributed by atoms with Crippen LogP contribution in [0.2, 0.25) is 0 Å². The summed E-state index contributed by atoms with van der Waals surface area (Å²) in [6.07, 6.45) is 5.83. The largest absolute Gasteiger partial charge is 0.378 e. The minimum absolute atomic E-state index is 0.0907. The molecule has 0 saturated carbocycles. The van der Waals surface area contributed by atoms with Gasteiger partial charge in [0.2, 0.25) is 11.9 Å². The summed E-state index contributed by atoms with van der Waals surface area (Å²) < 4.78 is 7.72. The van der Waals surface area contributed by atoms with E-state index in [2.05, 4.69) is 44.3 Å². The molecule has 5 heterocycles. The van der Waals surface area contributed by atoms with Crippen LogP contribution >= 0.6 is 0 Å². The van der Waals surface area contributed by atoms with Crippen molar-refractivity contribution in [2.24, 2.45) is 0 Å². The summed E-state index contributed by atoms with van der Waals surface area (Å²) in [6.45, 7) is 7.23. The van der Waals surface area contributed by atoms with Crippen LogP contribution in [0.4, 0.5) is 11.8 Å². The van der Waals surface area contributed by atoms with Gasteiger partial charge in [0.25, 0.3) is 0 Å². The van der Waals surface area contributed by atoms with Crippen LogP contribution in [-0.4, -0.2) is 83.3 Å². The molecule has 0 unspecified atom stereocenters. The molecule has 1 aromatic carbocycles. The first-order chi connectivity index (χ1) is 18.1. The van der Waals surface area contributed by atoms with Crippen molar-refractivity contribution >= 4 is 34.5 Å². The van der Waals surface area contributed by atoms with Crippen molar-refractivity contribution in [3.05, 3.63) is 48.2 Å². The molecule has 3 aliphatic rings. The molecule has 192 valence electrons. The number of amides is 1. The fourth-order valence-corrected chi connectivity index (χ4v) is 4.91. The molecule has 2 fully saturated rings. The Morgan fingerprint density at radius 3 is 2.62 bits per heavy atom. The molecule has 6 rings (SSSR count). The third-order valence-electron chi connectivity index (χ3n) is 7.00. The highest BCUT2D eigenvalue weighted by molar-refractivity contribution is 5.89. The first-order valence-corrected chi connectivity index (χ1v) is 12.7. The molecule has 11 nitrogen and oxygen atoms in total. The number of anilines is 2. The molecule has 0 atom stereocenters. The third-order valence-corrected chi connectivity index (χ3v) is 7.00. The second-order valence-electron chi connectivity index (χ2n) is 9.32. The Hall–Kier alpha value is -4.12. The number of hydrogen-bond acceptors (Lipinski definition) is 9. The topological polar surface area (TPSA) is 104 Å². The number of morpholine rings is 1. The number of benzene rings is 1. The Morgan fingerprint density at radius 2 is 1.86 bits per heavy atom. The number of aryl methyl sites for hydroxylation is 1. The van der Waals surface area contributed by atoms with Crippen molar-refractivity contribution in [1.29, 1.82) is 0 Å². The maximum atomic E-state index is 12.5. The second-order valence-corrected chi connectivity index (χ2v) is 9.32. The number of aromatic nitrogens is 4. The molecule has 0 spiro atoms. The number of ether oxygens (including phenoxy) is 1. The maximum absolute atomic E-state index is 12.5. The Morgan fingerprint density at radius 1 is 1.03 bits per heavy atom. The Kier molecular flexibility index (Phi) is 6.13. The van der Waals surface area contributed by atoms with Gasteiger partial charge in [-0.3, -0.25) is 9.36 Å². The van der Waals surface area contributed by atoms with Crippen molar-refractivity contribution in [1.82, 2.24) is 35.3 Å². The number of likely N-dealkylation sites (N-methyl/N-ethyl adjacent to an activating group) is 1. The van der Waals surface area contributed by atoms with Gasteiger partial charge in [-0.15, -0.1) is 0 Å². The molecular formula is C26H31N9O2. The molecule has 2 saturated heterocycles. The van der Waals surface area contributed by atoms with Gasteiger partial charge in [-0.25, -0.2) is 15.0 Å². The quantitative estimate of drug-likeness (QED) is 0.539. The summed E-state index contributed by atoms with van der Waals surface area (Å²) in [5.74, 6) is 2.31. The Bertz CT molecular complexity index is 1390. The van der Waals surface area contributed by atoms with E-state index in [-0.39, 0.29) is 5.91 Å². The number of imidazole rings is 1. The van der Waals surface area contributed by atoms with Gasteiger partial charge in [-0.2, -0.15) is 0 Å². The summed E-state index contributed by atoms with van der Waals surface area (Å²) in [5.41, 5.74) is 10.7. The number of hydrazine groups is 1. The molecule has 2 N–H and O–H groups in total. The summed E-state index contributed by atoms with van der Waals surface area (Å²) in [6, 6.07) is 8.21. The number of hydrogen-bond donors (Lipinski definition) is 2. The van der Waals surface area contributed by atoms with E-state index in [1.165, 1.54) is 0 Å². The third kappa shape index (κ3) is 4.35. The lowest BCUT2D eigenvalue weighted by atomic mass is 10.1. The van der Waals surface area contributed by atoms with E-state index < -0.39 is 0 Å². The van der Waals surface area contributed by atoms with Crippen LogP contribution in [0.1, 0.15) is 12.5 Å². The van der Waals surface area contributed by atoms with Gasteiger partial charge in [-0.1, -0.05) is 18.2 Å². The standard InChI is InChI=1S/C26H31N9O2/c1-3-35-25-22(28-26(35)34-11-10-32(2)21(36)17-34)24(33-12-14-37-15-13-33)29-23(30-25)19-7-4-6-18(16-19)20-8-5-9-27-31-20/h4-9,16,27,31H,3,10-15,17H2,1-2H3. The first-order valence-electron chi connectivity index (χ1n) is 12.7. The molecule has 1 amide bonds. The minimum Gasteiger partial charge on any atom is -0.378 e. The highest BCUT2D eigenvalue weighted by Gasteiger charge is 2.28. The first kappa shape index (κ1) is 23.3. The van der Waals surface area contributed by atoms with Crippen molar-refractivity contribution in [2.75, 3.05) is 62.8 Å². The molecule has 2 aromatic heterocycles. The van der Waals surface area contributed by atoms with Gasteiger partial charge in [0, 0.05) is 57.1 Å². The van der Waals surface area contributed by atoms with E-state index in [0.717, 1.165) is 59.4 Å². The number of carbonyl (C=O) groups is 1. The highest BCUT2D eigenvalue weighted by Crippen LogP contribution is 2.32. The predicted octanol–water partition coefficient (Wildman–Crippen LogP) is 1.59. The molecule has 0 bridgehead atoms. The number of carbonyl (C=O) groups excluding carboxylic acids is 1. The van der Waals surface area contributed by atoms with E-state index in [0.29, 0.717) is 38.7 Å². The normalized spacial score (nSPS) is 18.2. The van der Waals surface area contributed by atoms with Gasteiger partial charge in [0.05, 0.1) is 25.5 Å². The monoisotopic (exact) mass is 501 g/mol. The van der Waals surface area contributed by atoms with Crippen LogP contribution < -0.4 is 20.7 Å². The number of nitrogens with one attached hydrogen (secondary N) is 2. The second kappa shape index (κ2) is 9.74. The fraction of sp³-hybridized carbons (Fsp3) is 0.385. The summed E-state index contributed by atoms with van der Waals surface area (Å²) in [7, 11) is 1.84. The fourth-order valence-electron chi connectivity index (χ4n) is 4.91. The zero-order valence-electron chi connectivity index (χ0n) is 21.1.